The number of carbonyl (C=O) groups is 1. The minimum Gasteiger partial charge on any atom is -0.341 e. The second-order valence-corrected chi connectivity index (χ2v) is 6.48. The Kier molecular flexibility index (Phi) is 4.84. The lowest BCUT2D eigenvalue weighted by atomic mass is 10.2. The summed E-state index contributed by atoms with van der Waals surface area (Å²) >= 11 is 0. The molecule has 0 aromatic heterocycles. The van der Waals surface area contributed by atoms with Crippen molar-refractivity contribution in [2.45, 2.75) is 13.0 Å². The highest BCUT2D eigenvalue weighted by Gasteiger charge is 2.13. The summed E-state index contributed by atoms with van der Waals surface area (Å²) in [6, 6.07) is 6.18. The Bertz CT molecular complexity index is 528. The van der Waals surface area contributed by atoms with Gasteiger partial charge in [0.05, 0.1) is 5.75 Å². The highest BCUT2D eigenvalue weighted by Crippen LogP contribution is 2.09. The van der Waals surface area contributed by atoms with Gasteiger partial charge in [0, 0.05) is 31.8 Å². The van der Waals surface area contributed by atoms with Crippen molar-refractivity contribution < 1.29 is 17.6 Å². The fraction of sp³-hybridized carbons (Fsp3) is 0.417. The molecule has 0 radical (unpaired) electrons. The van der Waals surface area contributed by atoms with E-state index in [0.29, 0.717) is 5.56 Å². The normalized spacial score (nSPS) is 11.3. The quantitative estimate of drug-likeness (QED) is 0.810. The largest absolute Gasteiger partial charge is 0.341 e. The van der Waals surface area contributed by atoms with Gasteiger partial charge in [0.25, 0.3) is 0 Å². The smallest absolute Gasteiger partial charge is 0.223 e. The molecule has 0 aliphatic carbocycles. The predicted octanol–water partition coefficient (Wildman–Crippen LogP) is 1.22. The molecule has 6 heteroatoms. The van der Waals surface area contributed by atoms with E-state index in [9.17, 15) is 17.6 Å². The molecule has 0 saturated heterocycles. The number of nitrogens with zero attached hydrogens (tertiary/aromatic N) is 1. The Labute approximate surface area is 106 Å². The van der Waals surface area contributed by atoms with Gasteiger partial charge in [-0.1, -0.05) is 18.2 Å². The summed E-state index contributed by atoms with van der Waals surface area (Å²) in [5.74, 6) is -0.878. The van der Waals surface area contributed by atoms with E-state index >= 15 is 0 Å². The average molecular weight is 273 g/mol. The fourth-order valence-corrected chi connectivity index (χ4v) is 1.98. The van der Waals surface area contributed by atoms with Crippen molar-refractivity contribution in [3.63, 3.8) is 0 Å². The first kappa shape index (κ1) is 14.6. The van der Waals surface area contributed by atoms with Crippen molar-refractivity contribution in [1.29, 1.82) is 0 Å². The van der Waals surface area contributed by atoms with Gasteiger partial charge in [-0.25, -0.2) is 12.8 Å². The number of sulfone groups is 1. The monoisotopic (exact) mass is 273 g/mol. The van der Waals surface area contributed by atoms with Gasteiger partial charge < -0.3 is 4.90 Å². The van der Waals surface area contributed by atoms with E-state index in [1.165, 1.54) is 18.0 Å². The molecule has 0 N–H and O–H groups in total. The second kappa shape index (κ2) is 5.95. The van der Waals surface area contributed by atoms with Gasteiger partial charge in [-0.2, -0.15) is 0 Å². The van der Waals surface area contributed by atoms with E-state index in [2.05, 4.69) is 0 Å². The van der Waals surface area contributed by atoms with E-state index in [-0.39, 0.29) is 30.4 Å². The standard InChI is InChI=1S/C12H16FNO3S/c1-14(12(15)7-8-18(2,16)17)9-10-5-3-4-6-11(10)13/h3-6H,7-9H2,1-2H3. The van der Waals surface area contributed by atoms with E-state index < -0.39 is 9.84 Å². The third-order valence-electron chi connectivity index (χ3n) is 2.48. The van der Waals surface area contributed by atoms with Crippen molar-refractivity contribution >= 4 is 15.7 Å². The zero-order valence-electron chi connectivity index (χ0n) is 10.4. The molecular formula is C12H16FNO3S. The summed E-state index contributed by atoms with van der Waals surface area (Å²) < 4.78 is 35.2. The number of hydrogen-bond donors (Lipinski definition) is 0. The molecule has 0 spiro atoms. The van der Waals surface area contributed by atoms with E-state index in [0.717, 1.165) is 6.26 Å². The van der Waals surface area contributed by atoms with Crippen LogP contribution in [0.25, 0.3) is 0 Å². The number of carbonyl (C=O) groups excluding carboxylic acids is 1. The summed E-state index contributed by atoms with van der Waals surface area (Å²) in [5, 5.41) is 0. The van der Waals surface area contributed by atoms with Crippen LogP contribution >= 0.6 is 0 Å². The predicted molar refractivity (Wildman–Crippen MR) is 67.2 cm³/mol. The maximum absolute atomic E-state index is 13.4. The number of hydrogen-bond acceptors (Lipinski definition) is 3. The molecule has 4 nitrogen and oxygen atoms in total. The zero-order chi connectivity index (χ0) is 13.8. The number of rotatable bonds is 5. The molecule has 0 aliphatic rings. The third kappa shape index (κ3) is 4.83. The van der Waals surface area contributed by atoms with Crippen LogP contribution in [0.4, 0.5) is 4.39 Å². The Hall–Kier alpha value is -1.43. The van der Waals surface area contributed by atoms with Gasteiger partial charge in [0.1, 0.15) is 15.7 Å². The lowest BCUT2D eigenvalue weighted by Crippen LogP contribution is -2.28. The summed E-state index contributed by atoms with van der Waals surface area (Å²) in [4.78, 5) is 13.0. The Balaban J connectivity index is 2.58. The first-order valence-corrected chi connectivity index (χ1v) is 7.51. The third-order valence-corrected chi connectivity index (χ3v) is 3.42. The van der Waals surface area contributed by atoms with Gasteiger partial charge in [0.15, 0.2) is 0 Å². The van der Waals surface area contributed by atoms with Crippen LogP contribution in [0.3, 0.4) is 0 Å². The van der Waals surface area contributed by atoms with Crippen molar-refractivity contribution in [3.05, 3.63) is 35.6 Å². The van der Waals surface area contributed by atoms with E-state index in [4.69, 9.17) is 0 Å². The fourth-order valence-electron chi connectivity index (χ4n) is 1.43. The first-order valence-electron chi connectivity index (χ1n) is 5.44. The van der Waals surface area contributed by atoms with Gasteiger partial charge in [0.2, 0.25) is 5.91 Å². The molecule has 0 aliphatic heterocycles. The van der Waals surface area contributed by atoms with Crippen LogP contribution in [-0.4, -0.2) is 38.3 Å². The Morgan fingerprint density at radius 2 is 1.94 bits per heavy atom. The summed E-state index contributed by atoms with van der Waals surface area (Å²) in [5.41, 5.74) is 0.410. The minimum atomic E-state index is -3.16. The van der Waals surface area contributed by atoms with Crippen LogP contribution < -0.4 is 0 Å². The van der Waals surface area contributed by atoms with Crippen LogP contribution in [0, 0.1) is 5.82 Å². The molecule has 0 fully saturated rings. The zero-order valence-corrected chi connectivity index (χ0v) is 11.2. The summed E-state index contributed by atoms with van der Waals surface area (Å²) in [6.45, 7) is 0.134. The maximum atomic E-state index is 13.4. The number of amides is 1. The minimum absolute atomic E-state index is 0.0796. The van der Waals surface area contributed by atoms with Gasteiger partial charge in [-0.3, -0.25) is 4.79 Å². The van der Waals surface area contributed by atoms with Crippen molar-refractivity contribution in [1.82, 2.24) is 4.90 Å². The van der Waals surface area contributed by atoms with Crippen molar-refractivity contribution in [2.75, 3.05) is 19.1 Å². The van der Waals surface area contributed by atoms with Gasteiger partial charge >= 0.3 is 0 Å². The average Bonchev–Trinajstić information content (AvgIpc) is 2.28. The first-order chi connectivity index (χ1) is 8.29. The van der Waals surface area contributed by atoms with E-state index in [1.54, 1.807) is 18.2 Å². The number of benzene rings is 1. The molecule has 0 atom stereocenters. The van der Waals surface area contributed by atoms with Crippen molar-refractivity contribution in [2.24, 2.45) is 0 Å². The summed E-state index contributed by atoms with van der Waals surface area (Å²) in [7, 11) is -1.63. The molecular weight excluding hydrogens is 257 g/mol. The van der Waals surface area contributed by atoms with Crippen LogP contribution in [0.2, 0.25) is 0 Å². The molecule has 0 saturated carbocycles. The lowest BCUT2D eigenvalue weighted by Gasteiger charge is -2.17. The highest BCUT2D eigenvalue weighted by molar-refractivity contribution is 7.90. The molecule has 0 heterocycles. The van der Waals surface area contributed by atoms with Crippen molar-refractivity contribution in [3.8, 4) is 0 Å². The topological polar surface area (TPSA) is 54.5 Å². The van der Waals surface area contributed by atoms with Crippen LogP contribution in [-0.2, 0) is 21.2 Å². The second-order valence-electron chi connectivity index (χ2n) is 4.22. The summed E-state index contributed by atoms with van der Waals surface area (Å²) in [6.07, 6.45) is 1.00. The highest BCUT2D eigenvalue weighted by atomic mass is 32.2. The van der Waals surface area contributed by atoms with Crippen LogP contribution in [0.5, 0.6) is 0 Å². The molecule has 1 aromatic carbocycles. The molecule has 1 rings (SSSR count). The molecule has 18 heavy (non-hydrogen) atoms. The Morgan fingerprint density at radius 1 is 1.33 bits per heavy atom. The van der Waals surface area contributed by atoms with Gasteiger partial charge in [-0.05, 0) is 6.07 Å². The lowest BCUT2D eigenvalue weighted by molar-refractivity contribution is -0.130. The molecule has 0 bridgehead atoms. The van der Waals surface area contributed by atoms with Crippen LogP contribution in [0.15, 0.2) is 24.3 Å². The van der Waals surface area contributed by atoms with Crippen LogP contribution in [0.1, 0.15) is 12.0 Å². The van der Waals surface area contributed by atoms with E-state index in [1.807, 2.05) is 0 Å². The maximum Gasteiger partial charge on any atom is 0.223 e. The van der Waals surface area contributed by atoms with Gasteiger partial charge in [-0.15, -0.1) is 0 Å². The molecule has 1 aromatic rings. The molecule has 1 amide bonds. The SMILES string of the molecule is CN(Cc1ccccc1F)C(=O)CCS(C)(=O)=O. The Morgan fingerprint density at radius 3 is 2.50 bits per heavy atom. The molecule has 100 valence electrons. The molecule has 0 unspecified atom stereocenters. The number of halogens is 1.